The van der Waals surface area contributed by atoms with Gasteiger partial charge in [-0.3, -0.25) is 4.79 Å². The fourth-order valence-electron chi connectivity index (χ4n) is 1.18. The third-order valence-corrected chi connectivity index (χ3v) is 3.52. The largest absolute Gasteiger partial charge is 0.480 e. The molecule has 0 aliphatic rings. The number of halogens is 1. The number of nitrogens with two attached hydrogens (primary N) is 1. The maximum absolute atomic E-state index is 11.1. The zero-order chi connectivity index (χ0) is 14.8. The molecule has 1 rings (SSSR count). The monoisotopic (exact) mass is 307 g/mol. The van der Waals surface area contributed by atoms with Crippen LogP contribution in [0, 0.1) is 0 Å². The lowest BCUT2D eigenvalue weighted by Crippen LogP contribution is -2.31. The molecule has 0 heterocycles. The van der Waals surface area contributed by atoms with Crippen molar-refractivity contribution in [3.8, 4) is 5.75 Å². The average Bonchev–Trinajstić information content (AvgIpc) is 2.27. The summed E-state index contributed by atoms with van der Waals surface area (Å²) in [6, 6.07) is 3.00. The van der Waals surface area contributed by atoms with Gasteiger partial charge in [0.1, 0.15) is 11.3 Å². The van der Waals surface area contributed by atoms with Crippen molar-refractivity contribution in [1.29, 1.82) is 0 Å². The van der Waals surface area contributed by atoms with E-state index in [1.54, 1.807) is 0 Å². The van der Waals surface area contributed by atoms with Gasteiger partial charge in [0.2, 0.25) is 0 Å². The first-order valence-electron chi connectivity index (χ1n) is 4.91. The standard InChI is InChI=1S/C10H10ClNO6S/c1-5(9(12)13)18-8-3-2-6(19(11,16)17)4-7(8)10(14)15/h2-5H,1H3,(H2,12,13)(H,14,15). The smallest absolute Gasteiger partial charge is 0.339 e. The van der Waals surface area contributed by atoms with Crippen molar-refractivity contribution in [2.45, 2.75) is 17.9 Å². The summed E-state index contributed by atoms with van der Waals surface area (Å²) in [5.74, 6) is -2.39. The van der Waals surface area contributed by atoms with Crippen molar-refractivity contribution < 1.29 is 27.9 Å². The van der Waals surface area contributed by atoms with Crippen LogP contribution in [0.15, 0.2) is 23.1 Å². The second-order valence-electron chi connectivity index (χ2n) is 3.56. The van der Waals surface area contributed by atoms with Crippen LogP contribution in [0.5, 0.6) is 5.75 Å². The Bertz CT molecular complexity index is 627. The van der Waals surface area contributed by atoms with E-state index in [1.165, 1.54) is 6.92 Å². The van der Waals surface area contributed by atoms with Gasteiger partial charge < -0.3 is 15.6 Å². The van der Waals surface area contributed by atoms with Crippen LogP contribution in [0.3, 0.4) is 0 Å². The van der Waals surface area contributed by atoms with E-state index >= 15 is 0 Å². The van der Waals surface area contributed by atoms with E-state index in [2.05, 4.69) is 0 Å². The van der Waals surface area contributed by atoms with Crippen LogP contribution >= 0.6 is 10.7 Å². The topological polar surface area (TPSA) is 124 Å². The molecule has 0 aromatic heterocycles. The predicted octanol–water partition coefficient (Wildman–Crippen LogP) is 0.565. The van der Waals surface area contributed by atoms with Crippen LogP contribution in [0.1, 0.15) is 17.3 Å². The summed E-state index contributed by atoms with van der Waals surface area (Å²) in [5.41, 5.74) is 4.55. The Morgan fingerprint density at radius 3 is 2.42 bits per heavy atom. The minimum atomic E-state index is -4.06. The maximum Gasteiger partial charge on any atom is 0.339 e. The summed E-state index contributed by atoms with van der Waals surface area (Å²) in [4.78, 5) is 21.5. The zero-order valence-electron chi connectivity index (χ0n) is 9.66. The molecular formula is C10H10ClNO6S. The van der Waals surface area contributed by atoms with Crippen molar-refractivity contribution >= 4 is 31.6 Å². The number of aromatic carboxylic acids is 1. The number of benzene rings is 1. The van der Waals surface area contributed by atoms with E-state index in [-0.39, 0.29) is 10.6 Å². The van der Waals surface area contributed by atoms with Gasteiger partial charge in [-0.2, -0.15) is 0 Å². The van der Waals surface area contributed by atoms with E-state index in [9.17, 15) is 18.0 Å². The average molecular weight is 308 g/mol. The number of carboxylic acid groups (broad SMARTS) is 1. The Hall–Kier alpha value is -1.80. The summed E-state index contributed by atoms with van der Waals surface area (Å²) < 4.78 is 27.3. The fraction of sp³-hybridized carbons (Fsp3) is 0.200. The van der Waals surface area contributed by atoms with Gasteiger partial charge in [-0.1, -0.05) is 0 Å². The summed E-state index contributed by atoms with van der Waals surface area (Å²) >= 11 is 0. The maximum atomic E-state index is 11.1. The molecule has 1 atom stereocenters. The highest BCUT2D eigenvalue weighted by Crippen LogP contribution is 2.25. The Kier molecular flexibility index (Phi) is 4.38. The molecule has 1 amide bonds. The lowest BCUT2D eigenvalue weighted by Gasteiger charge is -2.13. The van der Waals surface area contributed by atoms with Gasteiger partial charge in [0.05, 0.1) is 4.90 Å². The van der Waals surface area contributed by atoms with Crippen molar-refractivity contribution in [3.63, 3.8) is 0 Å². The molecule has 0 aliphatic carbocycles. The molecule has 1 aromatic rings. The first-order chi connectivity index (χ1) is 8.62. The van der Waals surface area contributed by atoms with Gasteiger partial charge in [-0.25, -0.2) is 13.2 Å². The first kappa shape index (κ1) is 15.3. The molecule has 104 valence electrons. The molecule has 0 fully saturated rings. The third-order valence-electron chi connectivity index (χ3n) is 2.17. The summed E-state index contributed by atoms with van der Waals surface area (Å²) in [5, 5.41) is 8.97. The first-order valence-corrected chi connectivity index (χ1v) is 7.22. The minimum absolute atomic E-state index is 0.178. The second kappa shape index (κ2) is 5.45. The van der Waals surface area contributed by atoms with Crippen LogP contribution in [-0.4, -0.2) is 31.5 Å². The van der Waals surface area contributed by atoms with Gasteiger partial charge >= 0.3 is 5.97 Å². The Morgan fingerprint density at radius 2 is 2.00 bits per heavy atom. The van der Waals surface area contributed by atoms with Gasteiger partial charge in [0.15, 0.2) is 6.10 Å². The summed E-state index contributed by atoms with van der Waals surface area (Å²) in [6.45, 7) is 1.33. The number of hydrogen-bond acceptors (Lipinski definition) is 5. The summed E-state index contributed by atoms with van der Waals surface area (Å²) in [6.07, 6.45) is -1.06. The molecule has 0 radical (unpaired) electrons. The number of amides is 1. The molecule has 0 aliphatic heterocycles. The zero-order valence-corrected chi connectivity index (χ0v) is 11.2. The number of rotatable bonds is 5. The molecule has 1 aromatic carbocycles. The third kappa shape index (κ3) is 3.83. The van der Waals surface area contributed by atoms with Crippen molar-refractivity contribution in [1.82, 2.24) is 0 Å². The van der Waals surface area contributed by atoms with Crippen LogP contribution in [-0.2, 0) is 13.8 Å². The number of ether oxygens (including phenoxy) is 1. The van der Waals surface area contributed by atoms with Crippen LogP contribution < -0.4 is 10.5 Å². The molecule has 19 heavy (non-hydrogen) atoms. The van der Waals surface area contributed by atoms with Gasteiger partial charge in [0, 0.05) is 10.7 Å². The van der Waals surface area contributed by atoms with E-state index in [1.807, 2.05) is 0 Å². The highest BCUT2D eigenvalue weighted by atomic mass is 35.7. The van der Waals surface area contributed by atoms with Crippen LogP contribution in [0.2, 0.25) is 0 Å². The highest BCUT2D eigenvalue weighted by molar-refractivity contribution is 8.13. The molecule has 3 N–H and O–H groups in total. The molecule has 1 unspecified atom stereocenters. The minimum Gasteiger partial charge on any atom is -0.480 e. The number of carbonyl (C=O) groups is 2. The van der Waals surface area contributed by atoms with Crippen molar-refractivity contribution in [2.24, 2.45) is 5.73 Å². The number of carboxylic acids is 1. The van der Waals surface area contributed by atoms with Gasteiger partial charge in [-0.05, 0) is 25.1 Å². The molecule has 9 heteroatoms. The normalized spacial score (nSPS) is 12.7. The van der Waals surface area contributed by atoms with E-state index < -0.39 is 32.6 Å². The quantitative estimate of drug-likeness (QED) is 0.766. The Balaban J connectivity index is 3.27. The predicted molar refractivity (Wildman–Crippen MR) is 65.7 cm³/mol. The number of carbonyl (C=O) groups excluding carboxylic acids is 1. The number of primary amides is 1. The second-order valence-corrected chi connectivity index (χ2v) is 6.13. The summed E-state index contributed by atoms with van der Waals surface area (Å²) in [7, 11) is 1.05. The lowest BCUT2D eigenvalue weighted by molar-refractivity contribution is -0.124. The molecule has 0 spiro atoms. The van der Waals surface area contributed by atoms with Crippen LogP contribution in [0.25, 0.3) is 0 Å². The van der Waals surface area contributed by atoms with Crippen molar-refractivity contribution in [3.05, 3.63) is 23.8 Å². The van der Waals surface area contributed by atoms with E-state index in [0.29, 0.717) is 0 Å². The molecule has 0 bridgehead atoms. The van der Waals surface area contributed by atoms with E-state index in [4.69, 9.17) is 26.3 Å². The molecular weight excluding hydrogens is 298 g/mol. The van der Waals surface area contributed by atoms with Crippen LogP contribution in [0.4, 0.5) is 0 Å². The molecule has 0 saturated heterocycles. The van der Waals surface area contributed by atoms with Gasteiger partial charge in [-0.15, -0.1) is 0 Å². The highest BCUT2D eigenvalue weighted by Gasteiger charge is 2.20. The lowest BCUT2D eigenvalue weighted by atomic mass is 10.2. The molecule has 0 saturated carbocycles. The fourth-order valence-corrected chi connectivity index (χ4v) is 1.96. The Morgan fingerprint density at radius 1 is 1.42 bits per heavy atom. The van der Waals surface area contributed by atoms with Gasteiger partial charge in [0.25, 0.3) is 15.0 Å². The van der Waals surface area contributed by atoms with E-state index in [0.717, 1.165) is 18.2 Å². The number of hydrogen-bond donors (Lipinski definition) is 2. The Labute approximate surface area is 113 Å². The van der Waals surface area contributed by atoms with Crippen molar-refractivity contribution in [2.75, 3.05) is 0 Å². The SMILES string of the molecule is CC(Oc1ccc(S(=O)(=O)Cl)cc1C(=O)O)C(N)=O. The molecule has 7 nitrogen and oxygen atoms in total.